The molecule has 2 unspecified atom stereocenters. The molecular weight excluding hydrogens is 339 g/mol. The summed E-state index contributed by atoms with van der Waals surface area (Å²) < 4.78 is 38.3. The topological polar surface area (TPSA) is 19.4 Å². The zero-order valence-electron chi connectivity index (χ0n) is 14.5. The monoisotopic (exact) mass is 361 g/mol. The number of nitrogens with zero attached hydrogens (tertiary/aromatic N) is 3. The van der Waals surface area contributed by atoms with E-state index in [-0.39, 0.29) is 0 Å². The molecule has 3 nitrogen and oxygen atoms in total. The summed E-state index contributed by atoms with van der Waals surface area (Å²) in [7, 11) is 0. The van der Waals surface area contributed by atoms with E-state index in [1.807, 2.05) is 12.3 Å². The van der Waals surface area contributed by atoms with Crippen LogP contribution in [0.5, 0.6) is 0 Å². The van der Waals surface area contributed by atoms with Crippen LogP contribution >= 0.6 is 0 Å². The number of benzene rings is 1. The molecule has 0 N–H and O–H groups in total. The first-order valence-electron chi connectivity index (χ1n) is 9.09. The molecule has 6 heteroatoms. The molecule has 2 fully saturated rings. The summed E-state index contributed by atoms with van der Waals surface area (Å²) in [6, 6.07) is 7.34. The van der Waals surface area contributed by atoms with Crippen LogP contribution in [-0.2, 0) is 6.18 Å². The van der Waals surface area contributed by atoms with Gasteiger partial charge in [-0.05, 0) is 49.1 Å². The van der Waals surface area contributed by atoms with Crippen molar-refractivity contribution in [2.45, 2.75) is 19.0 Å². The Hall–Kier alpha value is -2.08. The van der Waals surface area contributed by atoms with Gasteiger partial charge in [-0.15, -0.1) is 0 Å². The average Bonchev–Trinajstić information content (AvgIpc) is 2.79. The van der Waals surface area contributed by atoms with Crippen molar-refractivity contribution in [1.29, 1.82) is 0 Å². The van der Waals surface area contributed by atoms with Gasteiger partial charge in [-0.25, -0.2) is 0 Å². The van der Waals surface area contributed by atoms with Gasteiger partial charge in [0.15, 0.2) is 0 Å². The minimum Gasteiger partial charge on any atom is -0.369 e. The second kappa shape index (κ2) is 6.91. The molecule has 4 rings (SSSR count). The number of alkyl halides is 3. The van der Waals surface area contributed by atoms with Crippen LogP contribution in [0, 0.1) is 5.92 Å². The van der Waals surface area contributed by atoms with E-state index in [2.05, 4.69) is 14.8 Å². The van der Waals surface area contributed by atoms with Crippen molar-refractivity contribution in [3.8, 4) is 11.1 Å². The highest BCUT2D eigenvalue weighted by Crippen LogP contribution is 2.32. The molecule has 1 aromatic carbocycles. The summed E-state index contributed by atoms with van der Waals surface area (Å²) in [5, 5.41) is 0. The second-order valence-electron chi connectivity index (χ2n) is 7.26. The normalized spacial score (nSPS) is 23.6. The molecule has 2 aliphatic rings. The molecule has 0 spiro atoms. The average molecular weight is 361 g/mol. The predicted molar refractivity (Wildman–Crippen MR) is 96.1 cm³/mol. The summed E-state index contributed by atoms with van der Waals surface area (Å²) in [6.07, 6.45) is 1.79. The standard InChI is InChI=1S/C20H22F3N3/c21-20(22,23)18-5-3-16(4-6-18)17-10-19(12-24-11-17)26-9-8-25-7-1-2-15(13-25)14-26/h3-6,10-12,15H,1-2,7-9,13-14H2. The molecule has 138 valence electrons. The first-order valence-corrected chi connectivity index (χ1v) is 9.09. The number of piperidine rings is 1. The summed E-state index contributed by atoms with van der Waals surface area (Å²) in [4.78, 5) is 9.25. The fraction of sp³-hybridized carbons (Fsp3) is 0.450. The molecule has 26 heavy (non-hydrogen) atoms. The summed E-state index contributed by atoms with van der Waals surface area (Å²) >= 11 is 0. The Balaban J connectivity index is 1.56. The largest absolute Gasteiger partial charge is 0.416 e. The van der Waals surface area contributed by atoms with Crippen molar-refractivity contribution in [2.75, 3.05) is 37.6 Å². The highest BCUT2D eigenvalue weighted by molar-refractivity contribution is 5.67. The quantitative estimate of drug-likeness (QED) is 0.795. The SMILES string of the molecule is FC(F)(F)c1ccc(-c2cncc(N3CCN4CCCC(C4)C3)c2)cc1. The molecule has 2 aromatic rings. The van der Waals surface area contributed by atoms with Crippen molar-refractivity contribution in [2.24, 2.45) is 5.92 Å². The van der Waals surface area contributed by atoms with E-state index >= 15 is 0 Å². The minimum absolute atomic E-state index is 0.626. The number of fused-ring (bicyclic) bond motifs is 2. The maximum absolute atomic E-state index is 12.8. The van der Waals surface area contributed by atoms with Crippen LogP contribution in [0.25, 0.3) is 11.1 Å². The van der Waals surface area contributed by atoms with Gasteiger partial charge in [0.2, 0.25) is 0 Å². The van der Waals surface area contributed by atoms with E-state index in [9.17, 15) is 13.2 Å². The van der Waals surface area contributed by atoms with Crippen LogP contribution in [0.2, 0.25) is 0 Å². The van der Waals surface area contributed by atoms with Gasteiger partial charge in [-0.1, -0.05) is 12.1 Å². The molecule has 0 amide bonds. The Labute approximate surface area is 151 Å². The molecule has 1 aromatic heterocycles. The lowest BCUT2D eigenvalue weighted by Gasteiger charge is -2.29. The third-order valence-electron chi connectivity index (χ3n) is 5.40. The maximum atomic E-state index is 12.8. The fourth-order valence-corrected chi connectivity index (χ4v) is 4.01. The van der Waals surface area contributed by atoms with E-state index in [0.29, 0.717) is 5.92 Å². The predicted octanol–water partition coefficient (Wildman–Crippen LogP) is 4.30. The Kier molecular flexibility index (Phi) is 4.61. The highest BCUT2D eigenvalue weighted by atomic mass is 19.4. The Morgan fingerprint density at radius 1 is 0.923 bits per heavy atom. The van der Waals surface area contributed by atoms with Gasteiger partial charge in [0, 0.05) is 37.9 Å². The molecule has 2 aliphatic heterocycles. The van der Waals surface area contributed by atoms with E-state index in [1.54, 1.807) is 6.20 Å². The lowest BCUT2D eigenvalue weighted by Crippen LogP contribution is -2.35. The van der Waals surface area contributed by atoms with Gasteiger partial charge in [0.05, 0.1) is 17.4 Å². The number of pyridine rings is 1. The van der Waals surface area contributed by atoms with Crippen LogP contribution in [-0.4, -0.2) is 42.6 Å². The van der Waals surface area contributed by atoms with Gasteiger partial charge >= 0.3 is 6.18 Å². The van der Waals surface area contributed by atoms with Crippen LogP contribution < -0.4 is 4.90 Å². The van der Waals surface area contributed by atoms with Gasteiger partial charge < -0.3 is 9.80 Å². The zero-order chi connectivity index (χ0) is 18.1. The number of hydrogen-bond acceptors (Lipinski definition) is 3. The summed E-state index contributed by atoms with van der Waals surface area (Å²) in [5.74, 6) is 0.681. The van der Waals surface area contributed by atoms with E-state index < -0.39 is 11.7 Å². The van der Waals surface area contributed by atoms with Crippen molar-refractivity contribution < 1.29 is 13.2 Å². The maximum Gasteiger partial charge on any atom is 0.416 e. The lowest BCUT2D eigenvalue weighted by atomic mass is 9.98. The van der Waals surface area contributed by atoms with Crippen LogP contribution in [0.4, 0.5) is 18.9 Å². The summed E-state index contributed by atoms with van der Waals surface area (Å²) in [6.45, 7) is 5.40. The van der Waals surface area contributed by atoms with Crippen LogP contribution in [0.15, 0.2) is 42.7 Å². The molecule has 3 heterocycles. The highest BCUT2D eigenvalue weighted by Gasteiger charge is 2.30. The van der Waals surface area contributed by atoms with Crippen LogP contribution in [0.3, 0.4) is 0 Å². The number of hydrogen-bond donors (Lipinski definition) is 0. The first kappa shape index (κ1) is 17.3. The van der Waals surface area contributed by atoms with E-state index in [4.69, 9.17) is 0 Å². The molecule has 0 saturated carbocycles. The van der Waals surface area contributed by atoms with Crippen molar-refractivity contribution >= 4 is 5.69 Å². The van der Waals surface area contributed by atoms with Crippen molar-refractivity contribution in [1.82, 2.24) is 9.88 Å². The van der Waals surface area contributed by atoms with Crippen molar-refractivity contribution in [3.63, 3.8) is 0 Å². The molecular formula is C20H22F3N3. The number of rotatable bonds is 2. The molecule has 2 atom stereocenters. The summed E-state index contributed by atoms with van der Waals surface area (Å²) in [5.41, 5.74) is 2.03. The van der Waals surface area contributed by atoms with E-state index in [0.717, 1.165) is 48.6 Å². The Bertz CT molecular complexity index is 758. The van der Waals surface area contributed by atoms with Gasteiger partial charge in [-0.3, -0.25) is 4.98 Å². The van der Waals surface area contributed by atoms with Crippen LogP contribution in [0.1, 0.15) is 18.4 Å². The zero-order valence-corrected chi connectivity index (χ0v) is 14.5. The van der Waals surface area contributed by atoms with E-state index in [1.165, 1.54) is 38.1 Å². The second-order valence-corrected chi connectivity index (χ2v) is 7.26. The third-order valence-corrected chi connectivity index (χ3v) is 5.40. The molecule has 2 bridgehead atoms. The minimum atomic E-state index is -4.31. The number of anilines is 1. The Morgan fingerprint density at radius 2 is 1.73 bits per heavy atom. The van der Waals surface area contributed by atoms with Gasteiger partial charge in [0.25, 0.3) is 0 Å². The molecule has 2 saturated heterocycles. The molecule has 0 aliphatic carbocycles. The van der Waals surface area contributed by atoms with Crippen molar-refractivity contribution in [3.05, 3.63) is 48.3 Å². The third kappa shape index (κ3) is 3.70. The molecule has 0 radical (unpaired) electrons. The van der Waals surface area contributed by atoms with Gasteiger partial charge in [0.1, 0.15) is 0 Å². The number of halogens is 3. The first-order chi connectivity index (χ1) is 12.5. The van der Waals surface area contributed by atoms with Gasteiger partial charge in [-0.2, -0.15) is 13.2 Å². The number of aromatic nitrogens is 1. The Morgan fingerprint density at radius 3 is 2.50 bits per heavy atom. The smallest absolute Gasteiger partial charge is 0.369 e. The lowest BCUT2D eigenvalue weighted by molar-refractivity contribution is -0.137. The fourth-order valence-electron chi connectivity index (χ4n) is 4.01.